The van der Waals surface area contributed by atoms with Gasteiger partial charge in [0.15, 0.2) is 5.78 Å². The quantitative estimate of drug-likeness (QED) is 0.771. The molecular formula is C19H19ClN2O3. The Morgan fingerprint density at radius 1 is 0.960 bits per heavy atom. The fraction of sp³-hybridized carbons (Fsp3) is 0.211. The third kappa shape index (κ3) is 5.72. The lowest BCUT2D eigenvalue weighted by molar-refractivity contribution is -0.133. The molecule has 0 aliphatic carbocycles. The maximum absolute atomic E-state index is 12.1. The number of likely N-dealkylation sites (N-methyl/N-ethyl adjacent to an activating group) is 1. The Labute approximate surface area is 151 Å². The highest BCUT2D eigenvalue weighted by Gasteiger charge is 2.15. The lowest BCUT2D eigenvalue weighted by Crippen LogP contribution is -2.35. The summed E-state index contributed by atoms with van der Waals surface area (Å²) in [5, 5.41) is 3.08. The van der Waals surface area contributed by atoms with Crippen molar-refractivity contribution in [2.75, 3.05) is 18.9 Å². The summed E-state index contributed by atoms with van der Waals surface area (Å²) < 4.78 is 0. The van der Waals surface area contributed by atoms with Crippen LogP contribution in [-0.2, 0) is 9.59 Å². The summed E-state index contributed by atoms with van der Waals surface area (Å²) >= 11 is 5.98. The van der Waals surface area contributed by atoms with E-state index in [-0.39, 0.29) is 37.0 Å². The van der Waals surface area contributed by atoms with Gasteiger partial charge in [0.05, 0.1) is 17.3 Å². The van der Waals surface area contributed by atoms with E-state index in [0.717, 1.165) is 0 Å². The number of anilines is 1. The first-order valence-electron chi connectivity index (χ1n) is 7.84. The van der Waals surface area contributed by atoms with E-state index in [2.05, 4.69) is 5.32 Å². The van der Waals surface area contributed by atoms with Gasteiger partial charge in [-0.05, 0) is 12.1 Å². The monoisotopic (exact) mass is 358 g/mol. The molecule has 2 aromatic carbocycles. The Morgan fingerprint density at radius 2 is 1.60 bits per heavy atom. The Kier molecular flexibility index (Phi) is 6.71. The maximum atomic E-state index is 12.1. The Balaban J connectivity index is 1.81. The Bertz CT molecular complexity index is 762. The zero-order valence-electron chi connectivity index (χ0n) is 13.9. The molecule has 0 fully saturated rings. The molecule has 0 unspecified atom stereocenters. The van der Waals surface area contributed by atoms with Gasteiger partial charge in [-0.1, -0.05) is 54.1 Å². The molecule has 2 amide bonds. The number of nitrogens with one attached hydrogen (secondary N) is 1. The van der Waals surface area contributed by atoms with E-state index >= 15 is 0 Å². The van der Waals surface area contributed by atoms with Gasteiger partial charge < -0.3 is 10.2 Å². The van der Waals surface area contributed by atoms with E-state index in [0.29, 0.717) is 16.3 Å². The van der Waals surface area contributed by atoms with Crippen molar-refractivity contribution in [3.63, 3.8) is 0 Å². The number of hydrogen-bond acceptors (Lipinski definition) is 3. The van der Waals surface area contributed by atoms with E-state index in [1.165, 1.54) is 11.9 Å². The van der Waals surface area contributed by atoms with Gasteiger partial charge in [-0.2, -0.15) is 0 Å². The smallest absolute Gasteiger partial charge is 0.244 e. The average molecular weight is 359 g/mol. The van der Waals surface area contributed by atoms with Crippen LogP contribution in [0.25, 0.3) is 0 Å². The van der Waals surface area contributed by atoms with Crippen LogP contribution in [0.1, 0.15) is 23.2 Å². The Hall–Kier alpha value is -2.66. The van der Waals surface area contributed by atoms with Crippen LogP contribution in [0.5, 0.6) is 0 Å². The van der Waals surface area contributed by atoms with Crippen LogP contribution in [-0.4, -0.2) is 36.1 Å². The topological polar surface area (TPSA) is 66.5 Å². The van der Waals surface area contributed by atoms with E-state index in [9.17, 15) is 14.4 Å². The van der Waals surface area contributed by atoms with Crippen molar-refractivity contribution in [1.29, 1.82) is 0 Å². The number of halogens is 1. The molecule has 0 spiro atoms. The number of para-hydroxylation sites is 1. The van der Waals surface area contributed by atoms with Crippen LogP contribution in [0, 0.1) is 0 Å². The molecule has 0 aliphatic heterocycles. The van der Waals surface area contributed by atoms with Crippen LogP contribution < -0.4 is 5.32 Å². The molecular weight excluding hydrogens is 340 g/mol. The minimum atomic E-state index is -0.349. The minimum Gasteiger partial charge on any atom is -0.336 e. The standard InChI is InChI=1S/C19H19ClN2O3/c1-22(13-18(24)21-16-10-6-5-9-15(16)20)19(25)12-11-17(23)14-7-3-2-4-8-14/h2-10H,11-13H2,1H3,(H,21,24). The van der Waals surface area contributed by atoms with E-state index in [1.807, 2.05) is 6.07 Å². The van der Waals surface area contributed by atoms with Crippen LogP contribution in [0.4, 0.5) is 5.69 Å². The summed E-state index contributed by atoms with van der Waals surface area (Å²) in [4.78, 5) is 37.4. The molecule has 0 radical (unpaired) electrons. The Morgan fingerprint density at radius 3 is 2.28 bits per heavy atom. The first-order valence-corrected chi connectivity index (χ1v) is 8.22. The second kappa shape index (κ2) is 8.99. The third-order valence-corrected chi connectivity index (χ3v) is 3.95. The number of benzene rings is 2. The molecule has 2 aromatic rings. The van der Waals surface area contributed by atoms with Crippen LogP contribution in [0.3, 0.4) is 0 Å². The van der Waals surface area contributed by atoms with Gasteiger partial charge in [-0.25, -0.2) is 0 Å². The summed E-state index contributed by atoms with van der Waals surface area (Å²) in [5.74, 6) is -0.709. The average Bonchev–Trinajstić information content (AvgIpc) is 2.62. The third-order valence-electron chi connectivity index (χ3n) is 3.62. The number of rotatable bonds is 7. The number of Topliss-reactive ketones (excluding diaryl/α,β-unsaturated/α-hetero) is 1. The second-order valence-corrected chi connectivity index (χ2v) is 5.97. The zero-order chi connectivity index (χ0) is 18.2. The predicted molar refractivity (Wildman–Crippen MR) is 97.7 cm³/mol. The van der Waals surface area contributed by atoms with Crippen molar-refractivity contribution in [1.82, 2.24) is 4.90 Å². The number of carbonyl (C=O) groups excluding carboxylic acids is 3. The number of nitrogens with zero attached hydrogens (tertiary/aromatic N) is 1. The van der Waals surface area contributed by atoms with Crippen molar-refractivity contribution >= 4 is 34.9 Å². The number of carbonyl (C=O) groups is 3. The largest absolute Gasteiger partial charge is 0.336 e. The van der Waals surface area contributed by atoms with Crippen LogP contribution >= 0.6 is 11.6 Å². The molecule has 0 saturated carbocycles. The lowest BCUT2D eigenvalue weighted by Gasteiger charge is -2.17. The van der Waals surface area contributed by atoms with E-state index in [4.69, 9.17) is 11.6 Å². The number of ketones is 1. The molecule has 0 heterocycles. The summed E-state index contributed by atoms with van der Waals surface area (Å²) in [6, 6.07) is 15.7. The summed E-state index contributed by atoms with van der Waals surface area (Å²) in [5.41, 5.74) is 1.07. The summed E-state index contributed by atoms with van der Waals surface area (Å²) in [6.45, 7) is -0.108. The van der Waals surface area contributed by atoms with Crippen molar-refractivity contribution in [2.45, 2.75) is 12.8 Å². The highest BCUT2D eigenvalue weighted by Crippen LogP contribution is 2.20. The SMILES string of the molecule is CN(CC(=O)Nc1ccccc1Cl)C(=O)CCC(=O)c1ccccc1. The first-order chi connectivity index (χ1) is 12.0. The molecule has 2 rings (SSSR count). The van der Waals surface area contributed by atoms with Gasteiger partial charge in [-0.15, -0.1) is 0 Å². The van der Waals surface area contributed by atoms with E-state index < -0.39 is 0 Å². The first kappa shape index (κ1) is 18.7. The lowest BCUT2D eigenvalue weighted by atomic mass is 10.1. The molecule has 5 nitrogen and oxygen atoms in total. The van der Waals surface area contributed by atoms with Crippen LogP contribution in [0.15, 0.2) is 54.6 Å². The fourth-order valence-electron chi connectivity index (χ4n) is 2.24. The van der Waals surface area contributed by atoms with Crippen molar-refractivity contribution < 1.29 is 14.4 Å². The molecule has 0 saturated heterocycles. The highest BCUT2D eigenvalue weighted by molar-refractivity contribution is 6.33. The second-order valence-electron chi connectivity index (χ2n) is 5.57. The van der Waals surface area contributed by atoms with Gasteiger partial charge >= 0.3 is 0 Å². The van der Waals surface area contributed by atoms with Gasteiger partial charge in [0.1, 0.15) is 0 Å². The van der Waals surface area contributed by atoms with Crippen molar-refractivity contribution in [2.24, 2.45) is 0 Å². The fourth-order valence-corrected chi connectivity index (χ4v) is 2.42. The minimum absolute atomic E-state index is 0.0591. The van der Waals surface area contributed by atoms with Crippen molar-refractivity contribution in [3.8, 4) is 0 Å². The molecule has 0 aromatic heterocycles. The molecule has 1 N–H and O–H groups in total. The molecule has 25 heavy (non-hydrogen) atoms. The van der Waals surface area contributed by atoms with E-state index in [1.54, 1.807) is 48.5 Å². The normalized spacial score (nSPS) is 10.2. The molecule has 0 atom stereocenters. The predicted octanol–water partition coefficient (Wildman–Crippen LogP) is 3.40. The molecule has 0 aliphatic rings. The summed E-state index contributed by atoms with van der Waals surface area (Å²) in [7, 11) is 1.53. The van der Waals surface area contributed by atoms with Gasteiger partial charge in [0.25, 0.3) is 0 Å². The maximum Gasteiger partial charge on any atom is 0.244 e. The van der Waals surface area contributed by atoms with Gasteiger partial charge in [0, 0.05) is 25.5 Å². The molecule has 6 heteroatoms. The van der Waals surface area contributed by atoms with Crippen LogP contribution in [0.2, 0.25) is 5.02 Å². The number of hydrogen-bond donors (Lipinski definition) is 1. The van der Waals surface area contributed by atoms with Gasteiger partial charge in [-0.3, -0.25) is 14.4 Å². The highest BCUT2D eigenvalue weighted by atomic mass is 35.5. The number of amides is 2. The van der Waals surface area contributed by atoms with Crippen molar-refractivity contribution in [3.05, 3.63) is 65.2 Å². The molecule has 0 bridgehead atoms. The van der Waals surface area contributed by atoms with Gasteiger partial charge in [0.2, 0.25) is 11.8 Å². The zero-order valence-corrected chi connectivity index (χ0v) is 14.6. The summed E-state index contributed by atoms with van der Waals surface area (Å²) in [6.07, 6.45) is 0.170. The molecule has 130 valence electrons.